The summed E-state index contributed by atoms with van der Waals surface area (Å²) < 4.78 is 64.9. The first kappa shape index (κ1) is 23.5. The highest BCUT2D eigenvalue weighted by Crippen LogP contribution is 2.24. The average Bonchev–Trinajstić information content (AvgIpc) is 2.60. The van der Waals surface area contributed by atoms with Crippen molar-refractivity contribution in [3.05, 3.63) is 35.4 Å². The molecule has 6 nitrogen and oxygen atoms in total. The van der Waals surface area contributed by atoms with E-state index in [1.807, 2.05) is 17.9 Å². The van der Waals surface area contributed by atoms with Crippen molar-refractivity contribution < 1.29 is 26.3 Å². The molecule has 29 heavy (non-hydrogen) atoms. The second-order valence-electron chi connectivity index (χ2n) is 7.60. The summed E-state index contributed by atoms with van der Waals surface area (Å²) >= 11 is 0. The fourth-order valence-electron chi connectivity index (χ4n) is 3.02. The van der Waals surface area contributed by atoms with Gasteiger partial charge in [0.25, 0.3) is 0 Å². The first-order chi connectivity index (χ1) is 13.4. The van der Waals surface area contributed by atoms with Gasteiger partial charge in [0.1, 0.15) is 6.61 Å². The van der Waals surface area contributed by atoms with Gasteiger partial charge in [0.15, 0.2) is 15.8 Å². The minimum absolute atomic E-state index is 0.0659. The van der Waals surface area contributed by atoms with E-state index in [9.17, 15) is 21.6 Å². The molecule has 1 aromatic rings. The third kappa shape index (κ3) is 6.88. The van der Waals surface area contributed by atoms with Crippen LogP contribution in [0.4, 0.5) is 13.2 Å². The van der Waals surface area contributed by atoms with Gasteiger partial charge in [-0.05, 0) is 31.9 Å². The summed E-state index contributed by atoms with van der Waals surface area (Å²) in [5, 5.41) is 3.18. The fourth-order valence-corrected chi connectivity index (χ4v) is 4.38. The molecule has 164 valence electrons. The molecule has 0 amide bonds. The SMILES string of the molecule is CCNC(=NCc1cccc(COCC(F)(F)F)c1)N1CCS(=O)(=O)C(C)(C)C1. The van der Waals surface area contributed by atoms with E-state index in [2.05, 4.69) is 10.3 Å². The van der Waals surface area contributed by atoms with Crippen LogP contribution >= 0.6 is 0 Å². The van der Waals surface area contributed by atoms with Crippen LogP contribution in [0.5, 0.6) is 0 Å². The fraction of sp³-hybridized carbons (Fsp3) is 0.632. The van der Waals surface area contributed by atoms with Crippen molar-refractivity contribution in [3.63, 3.8) is 0 Å². The van der Waals surface area contributed by atoms with Crippen molar-refractivity contribution in [2.75, 3.05) is 32.0 Å². The number of hydrogen-bond acceptors (Lipinski definition) is 4. The predicted molar refractivity (Wildman–Crippen MR) is 106 cm³/mol. The minimum Gasteiger partial charge on any atom is -0.367 e. The average molecular weight is 436 g/mol. The van der Waals surface area contributed by atoms with Crippen molar-refractivity contribution in [1.82, 2.24) is 10.2 Å². The number of benzene rings is 1. The molecule has 0 saturated carbocycles. The van der Waals surface area contributed by atoms with E-state index in [-0.39, 0.29) is 12.4 Å². The number of sulfone groups is 1. The topological polar surface area (TPSA) is 71.0 Å². The zero-order valence-electron chi connectivity index (χ0n) is 16.9. The van der Waals surface area contributed by atoms with Crippen LogP contribution in [-0.4, -0.2) is 62.2 Å². The van der Waals surface area contributed by atoms with Gasteiger partial charge in [-0.15, -0.1) is 0 Å². The molecule has 1 heterocycles. The minimum atomic E-state index is -4.35. The molecule has 0 bridgehead atoms. The van der Waals surface area contributed by atoms with E-state index in [4.69, 9.17) is 4.74 Å². The molecule has 1 aliphatic heterocycles. The maximum absolute atomic E-state index is 12.2. The molecule has 1 aliphatic rings. The predicted octanol–water partition coefficient (Wildman–Crippen LogP) is 2.74. The Bertz CT molecular complexity index is 823. The summed E-state index contributed by atoms with van der Waals surface area (Å²) in [5.74, 6) is 0.686. The van der Waals surface area contributed by atoms with Gasteiger partial charge in [-0.1, -0.05) is 24.3 Å². The Morgan fingerprint density at radius 3 is 2.62 bits per heavy atom. The van der Waals surface area contributed by atoms with Crippen LogP contribution in [0, 0.1) is 0 Å². The summed E-state index contributed by atoms with van der Waals surface area (Å²) in [6.45, 7) is 5.59. The largest absolute Gasteiger partial charge is 0.411 e. The molecule has 1 aromatic carbocycles. The molecule has 10 heteroatoms. The smallest absolute Gasteiger partial charge is 0.367 e. The van der Waals surface area contributed by atoms with E-state index < -0.39 is 27.4 Å². The number of nitrogens with zero attached hydrogens (tertiary/aromatic N) is 2. The summed E-state index contributed by atoms with van der Waals surface area (Å²) in [4.78, 5) is 6.53. The lowest BCUT2D eigenvalue weighted by Gasteiger charge is -2.39. The Hall–Kier alpha value is -1.81. The summed E-state index contributed by atoms with van der Waals surface area (Å²) in [7, 11) is -3.15. The maximum atomic E-state index is 12.2. The molecule has 0 aromatic heterocycles. The molecule has 0 unspecified atom stereocenters. The lowest BCUT2D eigenvalue weighted by Crippen LogP contribution is -2.57. The Kier molecular flexibility index (Phi) is 7.56. The van der Waals surface area contributed by atoms with Gasteiger partial charge in [-0.3, -0.25) is 0 Å². The lowest BCUT2D eigenvalue weighted by atomic mass is 10.1. The zero-order valence-corrected chi connectivity index (χ0v) is 17.7. The Balaban J connectivity index is 2.06. The Morgan fingerprint density at radius 2 is 2.00 bits per heavy atom. The molecule has 1 fully saturated rings. The third-order valence-electron chi connectivity index (χ3n) is 4.62. The Labute approximate surface area is 170 Å². The first-order valence-corrected chi connectivity index (χ1v) is 11.1. The highest BCUT2D eigenvalue weighted by molar-refractivity contribution is 7.92. The molecule has 0 aliphatic carbocycles. The van der Waals surface area contributed by atoms with Gasteiger partial charge in [0, 0.05) is 19.6 Å². The van der Waals surface area contributed by atoms with E-state index in [0.29, 0.717) is 37.7 Å². The number of halogens is 3. The molecular weight excluding hydrogens is 407 g/mol. The summed E-state index contributed by atoms with van der Waals surface area (Å²) in [6, 6.07) is 7.05. The molecular formula is C19H28F3N3O3S. The lowest BCUT2D eigenvalue weighted by molar-refractivity contribution is -0.176. The van der Waals surface area contributed by atoms with Crippen molar-refractivity contribution in [1.29, 1.82) is 0 Å². The van der Waals surface area contributed by atoms with Gasteiger partial charge >= 0.3 is 6.18 Å². The number of hydrogen-bond donors (Lipinski definition) is 1. The second-order valence-corrected chi connectivity index (χ2v) is 10.3. The third-order valence-corrected chi connectivity index (χ3v) is 7.15. The number of aliphatic imine (C=N–C) groups is 1. The molecule has 0 spiro atoms. The van der Waals surface area contributed by atoms with E-state index >= 15 is 0 Å². The molecule has 1 saturated heterocycles. The standard InChI is InChI=1S/C19H28F3N3O3S/c1-4-23-17(25-8-9-29(26,27)18(2,3)13-25)24-11-15-6-5-7-16(10-15)12-28-14-19(20,21)22/h5-7,10H,4,8-9,11-14H2,1-3H3,(H,23,24). The number of nitrogens with one attached hydrogen (secondary N) is 1. The van der Waals surface area contributed by atoms with Gasteiger partial charge in [-0.2, -0.15) is 13.2 Å². The molecule has 0 atom stereocenters. The van der Waals surface area contributed by atoms with Gasteiger partial charge in [-0.25, -0.2) is 13.4 Å². The van der Waals surface area contributed by atoms with Crippen molar-refractivity contribution in [3.8, 4) is 0 Å². The van der Waals surface area contributed by atoms with Crippen LogP contribution in [0.1, 0.15) is 31.9 Å². The van der Waals surface area contributed by atoms with Crippen LogP contribution in [0.25, 0.3) is 0 Å². The Morgan fingerprint density at radius 1 is 1.31 bits per heavy atom. The normalized spacial score (nSPS) is 19.2. The quantitative estimate of drug-likeness (QED) is 0.550. The molecule has 2 rings (SSSR count). The monoisotopic (exact) mass is 435 g/mol. The zero-order chi connectivity index (χ0) is 21.7. The van der Waals surface area contributed by atoms with Gasteiger partial charge < -0.3 is 15.0 Å². The van der Waals surface area contributed by atoms with E-state index in [0.717, 1.165) is 5.56 Å². The van der Waals surface area contributed by atoms with Crippen LogP contribution < -0.4 is 5.32 Å². The number of alkyl halides is 3. The van der Waals surface area contributed by atoms with Crippen molar-refractivity contribution in [2.24, 2.45) is 4.99 Å². The van der Waals surface area contributed by atoms with Crippen molar-refractivity contribution in [2.45, 2.75) is 44.8 Å². The number of rotatable bonds is 6. The van der Waals surface area contributed by atoms with Gasteiger partial charge in [0.2, 0.25) is 0 Å². The van der Waals surface area contributed by atoms with E-state index in [1.54, 1.807) is 32.0 Å². The van der Waals surface area contributed by atoms with Gasteiger partial charge in [0.05, 0.1) is 23.7 Å². The number of guanidine groups is 1. The van der Waals surface area contributed by atoms with Crippen LogP contribution in [0.3, 0.4) is 0 Å². The summed E-state index contributed by atoms with van der Waals surface area (Å²) in [6.07, 6.45) is -4.35. The second kappa shape index (κ2) is 9.34. The first-order valence-electron chi connectivity index (χ1n) is 9.41. The number of ether oxygens (including phenoxy) is 1. The summed E-state index contributed by atoms with van der Waals surface area (Å²) in [5.41, 5.74) is 1.47. The molecule has 0 radical (unpaired) electrons. The maximum Gasteiger partial charge on any atom is 0.411 e. The van der Waals surface area contributed by atoms with Crippen LogP contribution in [0.2, 0.25) is 0 Å². The van der Waals surface area contributed by atoms with Crippen LogP contribution in [0.15, 0.2) is 29.3 Å². The molecule has 1 N–H and O–H groups in total. The highest BCUT2D eigenvalue weighted by Gasteiger charge is 2.40. The van der Waals surface area contributed by atoms with E-state index in [1.165, 1.54) is 0 Å². The van der Waals surface area contributed by atoms with Crippen molar-refractivity contribution >= 4 is 15.8 Å². The van der Waals surface area contributed by atoms with Crippen LogP contribution in [-0.2, 0) is 27.7 Å². The highest BCUT2D eigenvalue weighted by atomic mass is 32.2.